The topological polar surface area (TPSA) is 71.2 Å². The van der Waals surface area contributed by atoms with E-state index >= 15 is 0 Å². The van der Waals surface area contributed by atoms with E-state index in [0.717, 1.165) is 25.3 Å². The lowest BCUT2D eigenvalue weighted by Gasteiger charge is -2.24. The molecule has 1 amide bonds. The van der Waals surface area contributed by atoms with Crippen molar-refractivity contribution in [1.29, 1.82) is 0 Å². The lowest BCUT2D eigenvalue weighted by molar-refractivity contribution is 0.0995. The van der Waals surface area contributed by atoms with Gasteiger partial charge in [-0.25, -0.2) is 0 Å². The van der Waals surface area contributed by atoms with Crippen LogP contribution in [0.3, 0.4) is 0 Å². The number of amides is 1. The summed E-state index contributed by atoms with van der Waals surface area (Å²) in [6.45, 7) is 9.43. The lowest BCUT2D eigenvalue weighted by atomic mass is 10.2. The first kappa shape index (κ1) is 14.4. The van der Waals surface area contributed by atoms with Gasteiger partial charge in [-0.05, 0) is 32.1 Å². The maximum Gasteiger partial charge on any atom is 0.267 e. The first-order valence-electron chi connectivity index (χ1n) is 6.31. The van der Waals surface area contributed by atoms with Gasteiger partial charge in [0.1, 0.15) is 5.69 Å². The van der Waals surface area contributed by atoms with Gasteiger partial charge >= 0.3 is 0 Å². The van der Waals surface area contributed by atoms with Crippen LogP contribution in [0.2, 0.25) is 0 Å². The maximum absolute atomic E-state index is 11.0. The molecule has 1 heterocycles. The molecule has 100 valence electrons. The molecule has 0 bridgehead atoms. The molecule has 0 fully saturated rings. The van der Waals surface area contributed by atoms with Crippen molar-refractivity contribution < 1.29 is 4.79 Å². The molecule has 0 radical (unpaired) electrons. The standard InChI is InChI=1S/C13H22N4O/c1-4-17(5-2)9-10(3)16-11-6-7-15-12(8-11)13(14)18/h6-8,10H,4-5,9H2,1-3H3,(H2,14,18)(H,15,16). The summed E-state index contributed by atoms with van der Waals surface area (Å²) in [5.74, 6) is -0.505. The molecule has 1 aromatic heterocycles. The minimum atomic E-state index is -0.505. The van der Waals surface area contributed by atoms with E-state index in [4.69, 9.17) is 5.73 Å². The molecule has 0 aliphatic rings. The third-order valence-corrected chi connectivity index (χ3v) is 2.85. The summed E-state index contributed by atoms with van der Waals surface area (Å²) in [5.41, 5.74) is 6.36. The highest BCUT2D eigenvalue weighted by Gasteiger charge is 2.08. The Morgan fingerprint density at radius 1 is 1.50 bits per heavy atom. The van der Waals surface area contributed by atoms with Crippen LogP contribution in [0.1, 0.15) is 31.3 Å². The van der Waals surface area contributed by atoms with Gasteiger partial charge in [0.05, 0.1) is 0 Å². The number of anilines is 1. The Labute approximate surface area is 108 Å². The van der Waals surface area contributed by atoms with Gasteiger partial charge in [0.25, 0.3) is 5.91 Å². The zero-order valence-electron chi connectivity index (χ0n) is 11.3. The Hall–Kier alpha value is -1.62. The summed E-state index contributed by atoms with van der Waals surface area (Å²) in [6.07, 6.45) is 1.59. The molecule has 1 rings (SSSR count). The molecule has 0 aliphatic carbocycles. The Morgan fingerprint density at radius 3 is 2.72 bits per heavy atom. The van der Waals surface area contributed by atoms with Crippen LogP contribution in [-0.2, 0) is 0 Å². The second kappa shape index (κ2) is 6.96. The lowest BCUT2D eigenvalue weighted by Crippen LogP contribution is -2.34. The summed E-state index contributed by atoms with van der Waals surface area (Å²) in [7, 11) is 0. The van der Waals surface area contributed by atoms with E-state index in [9.17, 15) is 4.79 Å². The zero-order chi connectivity index (χ0) is 13.5. The number of likely N-dealkylation sites (N-methyl/N-ethyl adjacent to an activating group) is 1. The number of nitrogens with zero attached hydrogens (tertiary/aromatic N) is 2. The number of carbonyl (C=O) groups is 1. The largest absolute Gasteiger partial charge is 0.381 e. The second-order valence-corrected chi connectivity index (χ2v) is 4.33. The summed E-state index contributed by atoms with van der Waals surface area (Å²) in [5, 5.41) is 3.35. The Morgan fingerprint density at radius 2 is 2.17 bits per heavy atom. The maximum atomic E-state index is 11.0. The van der Waals surface area contributed by atoms with Crippen molar-refractivity contribution in [1.82, 2.24) is 9.88 Å². The molecule has 1 atom stereocenters. The van der Waals surface area contributed by atoms with Crippen LogP contribution in [0, 0.1) is 0 Å². The van der Waals surface area contributed by atoms with E-state index in [1.54, 1.807) is 12.3 Å². The molecule has 3 N–H and O–H groups in total. The van der Waals surface area contributed by atoms with Crippen molar-refractivity contribution in [2.45, 2.75) is 26.8 Å². The quantitative estimate of drug-likeness (QED) is 0.765. The fourth-order valence-corrected chi connectivity index (χ4v) is 1.85. The third-order valence-electron chi connectivity index (χ3n) is 2.85. The Balaban J connectivity index is 2.61. The third kappa shape index (κ3) is 4.33. The van der Waals surface area contributed by atoms with E-state index in [-0.39, 0.29) is 5.69 Å². The number of pyridine rings is 1. The highest BCUT2D eigenvalue weighted by molar-refractivity contribution is 5.91. The van der Waals surface area contributed by atoms with E-state index < -0.39 is 5.91 Å². The summed E-state index contributed by atoms with van der Waals surface area (Å²) >= 11 is 0. The van der Waals surface area contributed by atoms with Gasteiger partial charge in [-0.15, -0.1) is 0 Å². The van der Waals surface area contributed by atoms with Gasteiger partial charge in [0, 0.05) is 24.5 Å². The van der Waals surface area contributed by atoms with Crippen LogP contribution < -0.4 is 11.1 Å². The molecule has 0 aromatic carbocycles. The van der Waals surface area contributed by atoms with Gasteiger partial charge in [-0.2, -0.15) is 0 Å². The fourth-order valence-electron chi connectivity index (χ4n) is 1.85. The zero-order valence-corrected chi connectivity index (χ0v) is 11.3. The summed E-state index contributed by atoms with van der Waals surface area (Å²) in [4.78, 5) is 17.3. The van der Waals surface area contributed by atoms with Crippen LogP contribution in [0.4, 0.5) is 5.69 Å². The van der Waals surface area contributed by atoms with Gasteiger partial charge in [0.2, 0.25) is 0 Å². The highest BCUT2D eigenvalue weighted by atomic mass is 16.1. The molecule has 0 spiro atoms. The number of hydrogen-bond donors (Lipinski definition) is 2. The van der Waals surface area contributed by atoms with E-state index in [1.807, 2.05) is 6.07 Å². The van der Waals surface area contributed by atoms with Crippen LogP contribution in [0.5, 0.6) is 0 Å². The summed E-state index contributed by atoms with van der Waals surface area (Å²) in [6, 6.07) is 3.82. The first-order valence-corrected chi connectivity index (χ1v) is 6.31. The molecule has 5 heteroatoms. The number of rotatable bonds is 7. The van der Waals surface area contributed by atoms with Gasteiger partial charge < -0.3 is 16.0 Å². The van der Waals surface area contributed by atoms with Crippen LogP contribution >= 0.6 is 0 Å². The average Bonchev–Trinajstić information content (AvgIpc) is 2.36. The molecule has 0 saturated carbocycles. The SMILES string of the molecule is CCN(CC)CC(C)Nc1ccnc(C(N)=O)c1. The van der Waals surface area contributed by atoms with Gasteiger partial charge in [0.15, 0.2) is 0 Å². The number of primary amides is 1. The van der Waals surface area contributed by atoms with E-state index in [2.05, 4.69) is 36.0 Å². The molecule has 1 aromatic rings. The normalized spacial score (nSPS) is 12.4. The number of hydrogen-bond acceptors (Lipinski definition) is 4. The molecule has 5 nitrogen and oxygen atoms in total. The van der Waals surface area contributed by atoms with E-state index in [1.165, 1.54) is 0 Å². The van der Waals surface area contributed by atoms with Crippen LogP contribution in [-0.4, -0.2) is 41.5 Å². The molecule has 0 aliphatic heterocycles. The van der Waals surface area contributed by atoms with Crippen molar-refractivity contribution in [3.63, 3.8) is 0 Å². The van der Waals surface area contributed by atoms with Crippen LogP contribution in [0.15, 0.2) is 18.3 Å². The van der Waals surface area contributed by atoms with Crippen molar-refractivity contribution in [3.8, 4) is 0 Å². The second-order valence-electron chi connectivity index (χ2n) is 4.33. The minimum absolute atomic E-state index is 0.287. The first-order chi connectivity index (χ1) is 8.56. The van der Waals surface area contributed by atoms with Gasteiger partial charge in [-0.1, -0.05) is 13.8 Å². The number of nitrogens with two attached hydrogens (primary N) is 1. The molecular formula is C13H22N4O. The number of aromatic nitrogens is 1. The smallest absolute Gasteiger partial charge is 0.267 e. The van der Waals surface area contributed by atoms with Gasteiger partial charge in [-0.3, -0.25) is 9.78 Å². The van der Waals surface area contributed by atoms with Crippen molar-refractivity contribution >= 4 is 11.6 Å². The Kier molecular flexibility index (Phi) is 5.58. The van der Waals surface area contributed by atoms with Crippen molar-refractivity contribution in [2.24, 2.45) is 5.73 Å². The monoisotopic (exact) mass is 250 g/mol. The highest BCUT2D eigenvalue weighted by Crippen LogP contribution is 2.09. The predicted molar refractivity (Wildman–Crippen MR) is 73.6 cm³/mol. The number of carbonyl (C=O) groups excluding carboxylic acids is 1. The van der Waals surface area contributed by atoms with Crippen LogP contribution in [0.25, 0.3) is 0 Å². The molecule has 18 heavy (non-hydrogen) atoms. The van der Waals surface area contributed by atoms with Crippen molar-refractivity contribution in [2.75, 3.05) is 25.0 Å². The average molecular weight is 250 g/mol. The fraction of sp³-hybridized carbons (Fsp3) is 0.538. The Bertz CT molecular complexity index is 390. The minimum Gasteiger partial charge on any atom is -0.381 e. The molecule has 0 saturated heterocycles. The summed E-state index contributed by atoms with van der Waals surface area (Å²) < 4.78 is 0. The number of nitrogens with one attached hydrogen (secondary N) is 1. The predicted octanol–water partition coefficient (Wildman–Crippen LogP) is 1.32. The molecular weight excluding hydrogens is 228 g/mol. The van der Waals surface area contributed by atoms with Crippen molar-refractivity contribution in [3.05, 3.63) is 24.0 Å². The van der Waals surface area contributed by atoms with E-state index in [0.29, 0.717) is 6.04 Å². The molecule has 1 unspecified atom stereocenters.